The van der Waals surface area contributed by atoms with Gasteiger partial charge in [-0.25, -0.2) is 0 Å². The van der Waals surface area contributed by atoms with E-state index in [9.17, 15) is 19.5 Å². The molecule has 1 saturated heterocycles. The molecule has 240 valence electrons. The Hall–Kier alpha value is -2.67. The summed E-state index contributed by atoms with van der Waals surface area (Å²) in [5.74, 6) is -0.880. The van der Waals surface area contributed by atoms with Gasteiger partial charge in [-0.15, -0.1) is 0 Å². The average molecular weight is 604 g/mol. The number of rotatable bonds is 3. The van der Waals surface area contributed by atoms with Gasteiger partial charge in [0.05, 0.1) is 0 Å². The summed E-state index contributed by atoms with van der Waals surface area (Å²) in [7, 11) is 4.03. The predicted octanol–water partition coefficient (Wildman–Crippen LogP) is 6.03. The van der Waals surface area contributed by atoms with E-state index in [1.807, 2.05) is 21.0 Å². The summed E-state index contributed by atoms with van der Waals surface area (Å²) in [5, 5.41) is 13.7. The lowest BCUT2D eigenvalue weighted by Crippen LogP contribution is -2.65. The van der Waals surface area contributed by atoms with Crippen molar-refractivity contribution >= 4 is 17.6 Å². The molecule has 6 aliphatic rings. The van der Waals surface area contributed by atoms with Crippen molar-refractivity contribution < 1.29 is 19.5 Å². The zero-order valence-electron chi connectivity index (χ0n) is 28.2. The topological polar surface area (TPSA) is 89.9 Å². The molecule has 0 aromatic carbocycles. The lowest BCUT2D eigenvalue weighted by Gasteiger charge is -2.70. The van der Waals surface area contributed by atoms with E-state index in [1.54, 1.807) is 11.0 Å². The average Bonchev–Trinajstić information content (AvgIpc) is 3.41. The standard InChI is InChI=1S/C37H53N3O4/c1-23-25-11-12-28-35(4,26(25)20-27(41)30(23)42)16-18-37(6)29-21-34(3,15-13-33(29,2)14-17-36(28,37)5)38-31(43)32(44)40-19-9-10-24(40)22-39(7)8/h11-12,20,24,29,42H,9-10,13-19,21-22H2,1-8H3,(H,38,43)/t24-,29?,33+,34+,35-,36+,37-/m0/s1. The van der Waals surface area contributed by atoms with Crippen LogP contribution >= 0.6 is 0 Å². The maximum absolute atomic E-state index is 13.6. The van der Waals surface area contributed by atoms with Crippen molar-refractivity contribution in [1.29, 1.82) is 0 Å². The van der Waals surface area contributed by atoms with Crippen molar-refractivity contribution in [1.82, 2.24) is 15.1 Å². The normalized spacial score (nSPS) is 41.6. The summed E-state index contributed by atoms with van der Waals surface area (Å²) in [6.45, 7) is 15.1. The molecule has 0 bridgehead atoms. The van der Waals surface area contributed by atoms with Gasteiger partial charge in [-0.1, -0.05) is 45.4 Å². The number of nitrogens with zero attached hydrogens (tertiary/aromatic N) is 2. The van der Waals surface area contributed by atoms with Crippen LogP contribution in [-0.2, 0) is 14.4 Å². The van der Waals surface area contributed by atoms with Gasteiger partial charge in [0.25, 0.3) is 0 Å². The molecule has 1 heterocycles. The number of likely N-dealkylation sites (tertiary alicyclic amines) is 1. The van der Waals surface area contributed by atoms with E-state index in [-0.39, 0.29) is 45.2 Å². The Morgan fingerprint density at radius 3 is 2.43 bits per heavy atom. The smallest absolute Gasteiger partial charge is 0.312 e. The van der Waals surface area contributed by atoms with Crippen LogP contribution in [0.5, 0.6) is 0 Å². The van der Waals surface area contributed by atoms with Gasteiger partial charge in [0.1, 0.15) is 0 Å². The van der Waals surface area contributed by atoms with Crippen molar-refractivity contribution in [3.05, 3.63) is 46.3 Å². The minimum atomic E-state index is -0.449. The van der Waals surface area contributed by atoms with Gasteiger partial charge < -0.3 is 20.2 Å². The molecule has 4 fully saturated rings. The Bertz CT molecular complexity index is 1440. The molecule has 7 atom stereocenters. The van der Waals surface area contributed by atoms with Gasteiger partial charge in [-0.05, 0) is 125 Å². The Morgan fingerprint density at radius 1 is 1.02 bits per heavy atom. The fraction of sp³-hybridized carbons (Fsp3) is 0.703. The number of aliphatic hydroxyl groups excluding tert-OH is 1. The second-order valence-electron chi connectivity index (χ2n) is 16.6. The quantitative estimate of drug-likeness (QED) is 0.385. The third-order valence-electron chi connectivity index (χ3n) is 13.7. The summed E-state index contributed by atoms with van der Waals surface area (Å²) in [5.41, 5.74) is 3.50. The zero-order chi connectivity index (χ0) is 32.0. The largest absolute Gasteiger partial charge is 0.504 e. The lowest BCUT2D eigenvalue weighted by atomic mass is 9.35. The third kappa shape index (κ3) is 4.42. The molecule has 5 aliphatic carbocycles. The second kappa shape index (κ2) is 10.2. The van der Waals surface area contributed by atoms with Crippen LogP contribution in [0.15, 0.2) is 46.3 Å². The molecule has 2 amide bonds. The van der Waals surface area contributed by atoms with E-state index in [2.05, 4.69) is 57.0 Å². The first-order chi connectivity index (χ1) is 20.5. The Kier molecular flexibility index (Phi) is 7.24. The fourth-order valence-corrected chi connectivity index (χ4v) is 10.7. The first-order valence-corrected chi connectivity index (χ1v) is 16.9. The molecule has 0 radical (unpaired) electrons. The number of aliphatic hydroxyl groups is 1. The number of nitrogens with one attached hydrogen (secondary N) is 1. The minimum absolute atomic E-state index is 0.00881. The van der Waals surface area contributed by atoms with E-state index in [1.165, 1.54) is 5.57 Å². The fourth-order valence-electron chi connectivity index (χ4n) is 10.7. The molecule has 1 unspecified atom stereocenters. The monoisotopic (exact) mass is 603 g/mol. The molecule has 7 nitrogen and oxygen atoms in total. The number of ketones is 1. The van der Waals surface area contributed by atoms with Crippen LogP contribution in [0.2, 0.25) is 0 Å². The summed E-state index contributed by atoms with van der Waals surface area (Å²) < 4.78 is 0. The van der Waals surface area contributed by atoms with Crippen molar-refractivity contribution in [2.75, 3.05) is 27.2 Å². The number of carbonyl (C=O) groups is 3. The highest BCUT2D eigenvalue weighted by molar-refractivity contribution is 6.35. The molecule has 7 heteroatoms. The molecule has 0 aromatic heterocycles. The van der Waals surface area contributed by atoms with Crippen LogP contribution in [-0.4, -0.2) is 71.3 Å². The Morgan fingerprint density at radius 2 is 1.73 bits per heavy atom. The number of allylic oxidation sites excluding steroid dienone is 7. The van der Waals surface area contributed by atoms with Crippen molar-refractivity contribution in [2.24, 2.45) is 27.6 Å². The van der Waals surface area contributed by atoms with Gasteiger partial charge in [0.15, 0.2) is 5.76 Å². The van der Waals surface area contributed by atoms with Crippen molar-refractivity contribution in [3.63, 3.8) is 0 Å². The van der Waals surface area contributed by atoms with Crippen LogP contribution < -0.4 is 5.32 Å². The number of hydrogen-bond acceptors (Lipinski definition) is 5. The maximum atomic E-state index is 13.6. The van der Waals surface area contributed by atoms with Crippen LogP contribution in [0.25, 0.3) is 0 Å². The highest BCUT2D eigenvalue weighted by Crippen LogP contribution is 2.75. The first-order valence-electron chi connectivity index (χ1n) is 16.9. The Labute approximate surface area is 263 Å². The van der Waals surface area contributed by atoms with E-state index in [4.69, 9.17) is 0 Å². The molecule has 0 spiro atoms. The van der Waals surface area contributed by atoms with Crippen molar-refractivity contribution in [3.8, 4) is 0 Å². The molecule has 1 aliphatic heterocycles. The van der Waals surface area contributed by atoms with E-state index in [0.717, 1.165) is 75.5 Å². The molecular weight excluding hydrogens is 550 g/mol. The lowest BCUT2D eigenvalue weighted by molar-refractivity contribution is -0.159. The van der Waals surface area contributed by atoms with Crippen LogP contribution in [0.3, 0.4) is 0 Å². The van der Waals surface area contributed by atoms with Crippen LogP contribution in [0.4, 0.5) is 0 Å². The van der Waals surface area contributed by atoms with E-state index < -0.39 is 11.4 Å². The number of fused-ring (bicyclic) bond motifs is 7. The zero-order valence-corrected chi connectivity index (χ0v) is 28.2. The van der Waals surface area contributed by atoms with Crippen molar-refractivity contribution in [2.45, 2.75) is 111 Å². The maximum Gasteiger partial charge on any atom is 0.312 e. The second-order valence-corrected chi connectivity index (χ2v) is 16.6. The number of amides is 2. The summed E-state index contributed by atoms with van der Waals surface area (Å²) in [6.07, 6.45) is 14.9. The SMILES string of the molecule is CC1=C(O)C(=O)C=C2C1=CC=C1[C@@]2(C)CC[C@@]2(C)C3C[C@](C)(NC(=O)C(=O)N4CCC[C@H]4CN(C)C)CC[C@]3(C)CC[C@]12C. The van der Waals surface area contributed by atoms with Crippen LogP contribution in [0, 0.1) is 27.6 Å². The van der Waals surface area contributed by atoms with Gasteiger partial charge >= 0.3 is 11.8 Å². The number of carbonyl (C=O) groups excluding carboxylic acids is 3. The third-order valence-corrected chi connectivity index (χ3v) is 13.7. The van der Waals surface area contributed by atoms with Crippen LogP contribution in [0.1, 0.15) is 99.3 Å². The van der Waals surface area contributed by atoms with E-state index in [0.29, 0.717) is 18.0 Å². The molecule has 44 heavy (non-hydrogen) atoms. The number of likely N-dealkylation sites (N-methyl/N-ethyl adjacent to an activating group) is 1. The molecule has 0 aromatic rings. The van der Waals surface area contributed by atoms with Gasteiger partial charge in [0, 0.05) is 35.7 Å². The summed E-state index contributed by atoms with van der Waals surface area (Å²) >= 11 is 0. The van der Waals surface area contributed by atoms with Gasteiger partial charge in [-0.3, -0.25) is 14.4 Å². The molecule has 6 rings (SSSR count). The molecule has 3 saturated carbocycles. The minimum Gasteiger partial charge on any atom is -0.504 e. The summed E-state index contributed by atoms with van der Waals surface area (Å²) in [4.78, 5) is 43.7. The molecular formula is C37H53N3O4. The van der Waals surface area contributed by atoms with E-state index >= 15 is 0 Å². The summed E-state index contributed by atoms with van der Waals surface area (Å²) in [6, 6.07) is 0.0939. The van der Waals surface area contributed by atoms with Gasteiger partial charge in [-0.2, -0.15) is 0 Å². The highest BCUT2D eigenvalue weighted by atomic mass is 16.3. The Balaban J connectivity index is 1.29. The molecule has 2 N–H and O–H groups in total. The number of hydrogen-bond donors (Lipinski definition) is 2. The highest BCUT2D eigenvalue weighted by Gasteiger charge is 2.67. The first kappa shape index (κ1) is 31.3. The predicted molar refractivity (Wildman–Crippen MR) is 173 cm³/mol. The van der Waals surface area contributed by atoms with Gasteiger partial charge in [0.2, 0.25) is 5.78 Å².